The third-order valence-electron chi connectivity index (χ3n) is 6.15. The van der Waals surface area contributed by atoms with Crippen LogP contribution in [0.3, 0.4) is 0 Å². The number of hydrogen-bond donors (Lipinski definition) is 0. The van der Waals surface area contributed by atoms with E-state index in [0.29, 0.717) is 5.69 Å². The van der Waals surface area contributed by atoms with Crippen molar-refractivity contribution < 1.29 is 4.79 Å². The van der Waals surface area contributed by atoms with E-state index in [1.54, 1.807) is 6.20 Å². The van der Waals surface area contributed by atoms with Crippen molar-refractivity contribution in [1.29, 1.82) is 0 Å². The maximum atomic E-state index is 13.1. The zero-order valence-corrected chi connectivity index (χ0v) is 17.1. The summed E-state index contributed by atoms with van der Waals surface area (Å²) in [5.74, 6) is 0.0296. The first-order valence-electron chi connectivity index (χ1n) is 10.6. The third kappa shape index (κ3) is 3.75. The number of nitrogens with zero attached hydrogens (tertiary/aromatic N) is 4. The number of carbonyl (C=O) groups excluding carboxylic acids is 1. The van der Waals surface area contributed by atoms with Gasteiger partial charge in [0.2, 0.25) is 0 Å². The quantitative estimate of drug-likeness (QED) is 0.676. The van der Waals surface area contributed by atoms with Crippen molar-refractivity contribution in [2.45, 2.75) is 13.0 Å². The number of anilines is 2. The molecule has 0 aliphatic carbocycles. The van der Waals surface area contributed by atoms with Crippen LogP contribution in [-0.4, -0.2) is 48.5 Å². The summed E-state index contributed by atoms with van der Waals surface area (Å²) in [4.78, 5) is 24.1. The Labute approximate surface area is 177 Å². The number of benzene rings is 2. The van der Waals surface area contributed by atoms with Crippen molar-refractivity contribution in [2.75, 3.05) is 42.5 Å². The van der Waals surface area contributed by atoms with E-state index < -0.39 is 0 Å². The summed E-state index contributed by atoms with van der Waals surface area (Å²) in [7, 11) is 0. The van der Waals surface area contributed by atoms with Crippen molar-refractivity contribution in [3.05, 3.63) is 89.7 Å². The predicted molar refractivity (Wildman–Crippen MR) is 120 cm³/mol. The molecule has 2 aromatic carbocycles. The Hall–Kier alpha value is -3.34. The lowest BCUT2D eigenvalue weighted by molar-refractivity contribution is 0.0741. The van der Waals surface area contributed by atoms with Gasteiger partial charge in [-0.15, -0.1) is 0 Å². The van der Waals surface area contributed by atoms with E-state index in [0.717, 1.165) is 51.4 Å². The van der Waals surface area contributed by atoms with E-state index in [1.807, 2.05) is 23.1 Å². The van der Waals surface area contributed by atoms with Gasteiger partial charge in [-0.3, -0.25) is 9.78 Å². The van der Waals surface area contributed by atoms with Crippen molar-refractivity contribution >= 4 is 17.3 Å². The van der Waals surface area contributed by atoms with Crippen LogP contribution in [0.15, 0.2) is 72.9 Å². The molecule has 152 valence electrons. The highest BCUT2D eigenvalue weighted by atomic mass is 16.2. The molecule has 5 heteroatoms. The number of rotatable bonds is 3. The molecule has 0 atom stereocenters. The van der Waals surface area contributed by atoms with Gasteiger partial charge in [0.25, 0.3) is 5.91 Å². The monoisotopic (exact) mass is 398 g/mol. The highest BCUT2D eigenvalue weighted by Gasteiger charge is 2.24. The maximum absolute atomic E-state index is 13.1. The summed E-state index contributed by atoms with van der Waals surface area (Å²) < 4.78 is 0. The van der Waals surface area contributed by atoms with Crippen LogP contribution in [0.5, 0.6) is 0 Å². The second-order valence-corrected chi connectivity index (χ2v) is 7.95. The zero-order valence-electron chi connectivity index (χ0n) is 17.1. The minimum Gasteiger partial charge on any atom is -0.368 e. The number of piperazine rings is 1. The summed E-state index contributed by atoms with van der Waals surface area (Å²) in [5.41, 5.74) is 5.63. The van der Waals surface area contributed by atoms with Crippen LogP contribution < -0.4 is 9.80 Å². The molecule has 2 aliphatic rings. The SMILES string of the molecule is O=C(c1cc(N2CCc3ccccc3C2)ccn1)N1CCN(c2ccccc2)CC1. The molecule has 30 heavy (non-hydrogen) atoms. The summed E-state index contributed by atoms with van der Waals surface area (Å²) in [6, 6.07) is 23.0. The number of pyridine rings is 1. The van der Waals surface area contributed by atoms with E-state index in [2.05, 4.69) is 63.3 Å². The summed E-state index contributed by atoms with van der Waals surface area (Å²) in [5, 5.41) is 0. The van der Waals surface area contributed by atoms with Crippen LogP contribution in [0.1, 0.15) is 21.6 Å². The molecule has 2 aliphatic heterocycles. The molecule has 5 rings (SSSR count). The Morgan fingerprint density at radius 1 is 0.733 bits per heavy atom. The fourth-order valence-electron chi connectivity index (χ4n) is 4.42. The number of carbonyl (C=O) groups is 1. The van der Waals surface area contributed by atoms with Gasteiger partial charge in [-0.25, -0.2) is 0 Å². The smallest absolute Gasteiger partial charge is 0.272 e. The van der Waals surface area contributed by atoms with Crippen molar-refractivity contribution in [3.63, 3.8) is 0 Å². The Morgan fingerprint density at radius 3 is 2.27 bits per heavy atom. The maximum Gasteiger partial charge on any atom is 0.272 e. The largest absolute Gasteiger partial charge is 0.368 e. The molecule has 0 unspecified atom stereocenters. The lowest BCUT2D eigenvalue weighted by atomic mass is 9.99. The normalized spacial score (nSPS) is 16.3. The Balaban J connectivity index is 1.26. The fraction of sp³-hybridized carbons (Fsp3) is 0.280. The zero-order chi connectivity index (χ0) is 20.3. The average Bonchev–Trinajstić information content (AvgIpc) is 2.84. The van der Waals surface area contributed by atoms with Gasteiger partial charge in [0.1, 0.15) is 5.69 Å². The number of para-hydroxylation sites is 1. The Kier molecular flexibility index (Phi) is 5.10. The average molecular weight is 399 g/mol. The van der Waals surface area contributed by atoms with Gasteiger partial charge in [-0.2, -0.15) is 0 Å². The first kappa shape index (κ1) is 18.7. The molecular weight excluding hydrogens is 372 g/mol. The van der Waals surface area contributed by atoms with Crippen molar-refractivity contribution in [3.8, 4) is 0 Å². The number of hydrogen-bond acceptors (Lipinski definition) is 4. The minimum atomic E-state index is 0.0296. The molecule has 0 bridgehead atoms. The topological polar surface area (TPSA) is 39.7 Å². The van der Waals surface area contributed by atoms with E-state index in [4.69, 9.17) is 0 Å². The Morgan fingerprint density at radius 2 is 1.47 bits per heavy atom. The van der Waals surface area contributed by atoms with Gasteiger partial charge in [0, 0.05) is 56.8 Å². The van der Waals surface area contributed by atoms with Crippen LogP contribution in [0.25, 0.3) is 0 Å². The van der Waals surface area contributed by atoms with Crippen LogP contribution in [-0.2, 0) is 13.0 Å². The molecule has 0 saturated carbocycles. The van der Waals surface area contributed by atoms with E-state index in [1.165, 1.54) is 16.8 Å². The van der Waals surface area contributed by atoms with Crippen LogP contribution in [0.4, 0.5) is 11.4 Å². The predicted octanol–water partition coefficient (Wildman–Crippen LogP) is 3.61. The highest BCUT2D eigenvalue weighted by molar-refractivity contribution is 5.93. The molecule has 1 saturated heterocycles. The molecule has 3 aromatic rings. The number of amides is 1. The molecule has 1 aromatic heterocycles. The van der Waals surface area contributed by atoms with Gasteiger partial charge in [-0.05, 0) is 41.8 Å². The second-order valence-electron chi connectivity index (χ2n) is 7.95. The van der Waals surface area contributed by atoms with Crippen LogP contribution in [0.2, 0.25) is 0 Å². The molecule has 1 amide bonds. The summed E-state index contributed by atoms with van der Waals surface area (Å²) >= 11 is 0. The van der Waals surface area contributed by atoms with Crippen molar-refractivity contribution in [1.82, 2.24) is 9.88 Å². The van der Waals surface area contributed by atoms with E-state index in [9.17, 15) is 4.79 Å². The first-order valence-corrected chi connectivity index (χ1v) is 10.6. The molecule has 1 fully saturated rings. The lowest BCUT2D eigenvalue weighted by Crippen LogP contribution is -2.49. The number of aromatic nitrogens is 1. The van der Waals surface area contributed by atoms with E-state index >= 15 is 0 Å². The molecule has 0 N–H and O–H groups in total. The molecular formula is C25H26N4O. The number of fused-ring (bicyclic) bond motifs is 1. The van der Waals surface area contributed by atoms with Crippen LogP contribution in [0, 0.1) is 0 Å². The molecule has 3 heterocycles. The lowest BCUT2D eigenvalue weighted by Gasteiger charge is -2.36. The second kappa shape index (κ2) is 8.19. The van der Waals surface area contributed by atoms with Crippen molar-refractivity contribution in [2.24, 2.45) is 0 Å². The van der Waals surface area contributed by atoms with Gasteiger partial charge in [0.05, 0.1) is 0 Å². The molecule has 5 nitrogen and oxygen atoms in total. The third-order valence-corrected chi connectivity index (χ3v) is 6.15. The van der Waals surface area contributed by atoms with Gasteiger partial charge in [0.15, 0.2) is 0 Å². The minimum absolute atomic E-state index is 0.0296. The standard InChI is InChI=1S/C25H26N4O/c30-25(28-16-14-27(15-17-28)22-8-2-1-3-9-22)24-18-23(10-12-26-24)29-13-11-20-6-4-5-7-21(20)19-29/h1-10,12,18H,11,13-17,19H2. The fourth-order valence-corrected chi connectivity index (χ4v) is 4.42. The molecule has 0 spiro atoms. The van der Waals surface area contributed by atoms with Crippen LogP contribution >= 0.6 is 0 Å². The van der Waals surface area contributed by atoms with E-state index in [-0.39, 0.29) is 5.91 Å². The first-order chi connectivity index (χ1) is 14.8. The molecule has 0 radical (unpaired) electrons. The van der Waals surface area contributed by atoms with Gasteiger partial charge < -0.3 is 14.7 Å². The van der Waals surface area contributed by atoms with Gasteiger partial charge in [-0.1, -0.05) is 42.5 Å². The summed E-state index contributed by atoms with van der Waals surface area (Å²) in [6.07, 6.45) is 2.80. The summed E-state index contributed by atoms with van der Waals surface area (Å²) in [6.45, 7) is 4.97. The highest BCUT2D eigenvalue weighted by Crippen LogP contribution is 2.25. The van der Waals surface area contributed by atoms with Gasteiger partial charge >= 0.3 is 0 Å². The Bertz CT molecular complexity index is 1030.